The van der Waals surface area contributed by atoms with Crippen LogP contribution in [0.2, 0.25) is 0 Å². The molecule has 2 saturated heterocycles. The highest BCUT2D eigenvalue weighted by atomic mass is 32.3. The molecule has 0 saturated carbocycles. The smallest absolute Gasteiger partial charge is 0.394 e. The third-order valence-electron chi connectivity index (χ3n) is 6.36. The second-order valence-corrected chi connectivity index (χ2v) is 9.97. The summed E-state index contributed by atoms with van der Waals surface area (Å²) in [5.74, 6) is 0.436. The molecule has 0 aromatic carbocycles. The number of ether oxygens (including phenoxy) is 2. The van der Waals surface area contributed by atoms with Crippen LogP contribution in [0, 0.1) is 0 Å². The molecular formula is C20H28N10O12S. The second kappa shape index (κ2) is 12.9. The number of hydrogen-bond donors (Lipinski definition) is 10. The number of aromatic nitrogens is 8. The molecule has 6 rings (SSSR count). The largest absolute Gasteiger partial charge is 0.394 e. The zero-order valence-electron chi connectivity index (χ0n) is 21.7. The summed E-state index contributed by atoms with van der Waals surface area (Å²) in [5.41, 5.74) is 12.9. The van der Waals surface area contributed by atoms with Gasteiger partial charge in [-0.05, 0) is 0 Å². The van der Waals surface area contributed by atoms with Crippen LogP contribution in [-0.4, -0.2) is 137 Å². The van der Waals surface area contributed by atoms with Gasteiger partial charge in [-0.1, -0.05) is 0 Å². The van der Waals surface area contributed by atoms with E-state index in [1.807, 2.05) is 0 Å². The Morgan fingerprint density at radius 3 is 1.33 bits per heavy atom. The Kier molecular flexibility index (Phi) is 9.62. The van der Waals surface area contributed by atoms with Crippen LogP contribution in [0.4, 0.5) is 11.6 Å². The zero-order valence-corrected chi connectivity index (χ0v) is 22.5. The number of nitrogens with zero attached hydrogens (tertiary/aromatic N) is 8. The van der Waals surface area contributed by atoms with Crippen molar-refractivity contribution in [1.29, 1.82) is 0 Å². The van der Waals surface area contributed by atoms with Gasteiger partial charge in [-0.15, -0.1) is 0 Å². The number of hydrogen-bond acceptors (Lipinski definition) is 18. The molecule has 0 unspecified atom stereocenters. The van der Waals surface area contributed by atoms with E-state index < -0.39 is 72.7 Å². The summed E-state index contributed by atoms with van der Waals surface area (Å²) in [5, 5.41) is 57.5. The Hall–Kier alpha value is -3.75. The molecule has 0 aliphatic carbocycles. The minimum absolute atomic E-state index is 0.218. The number of imidazole rings is 2. The van der Waals surface area contributed by atoms with E-state index in [1.165, 1.54) is 34.4 Å². The van der Waals surface area contributed by atoms with Crippen molar-refractivity contribution in [3.63, 3.8) is 0 Å². The molecule has 6 heterocycles. The first-order valence-electron chi connectivity index (χ1n) is 12.1. The molecule has 0 radical (unpaired) electrons. The molecule has 43 heavy (non-hydrogen) atoms. The van der Waals surface area contributed by atoms with E-state index in [1.54, 1.807) is 0 Å². The van der Waals surface area contributed by atoms with Crippen LogP contribution in [0.1, 0.15) is 12.5 Å². The van der Waals surface area contributed by atoms with Crippen LogP contribution < -0.4 is 11.5 Å². The van der Waals surface area contributed by atoms with Crippen LogP contribution in [0.5, 0.6) is 0 Å². The summed E-state index contributed by atoms with van der Waals surface area (Å²) >= 11 is 0. The summed E-state index contributed by atoms with van der Waals surface area (Å²) in [6.07, 6.45) is -2.85. The quantitative estimate of drug-likeness (QED) is 0.0945. The molecular weight excluding hydrogens is 604 g/mol. The molecule has 4 aromatic rings. The fourth-order valence-electron chi connectivity index (χ4n) is 4.33. The van der Waals surface area contributed by atoms with Crippen molar-refractivity contribution < 1.29 is 57.6 Å². The number of fused-ring (bicyclic) bond motifs is 2. The Bertz CT molecular complexity index is 1540. The van der Waals surface area contributed by atoms with Crippen molar-refractivity contribution in [2.45, 2.75) is 49.1 Å². The van der Waals surface area contributed by atoms with E-state index in [9.17, 15) is 20.4 Å². The Morgan fingerprint density at radius 1 is 0.674 bits per heavy atom. The van der Waals surface area contributed by atoms with Gasteiger partial charge >= 0.3 is 10.4 Å². The zero-order chi connectivity index (χ0) is 31.6. The maximum atomic E-state index is 9.95. The maximum absolute atomic E-state index is 9.95. The predicted octanol–water partition coefficient (Wildman–Crippen LogP) is -4.61. The first-order chi connectivity index (χ1) is 20.3. The predicted molar refractivity (Wildman–Crippen MR) is 140 cm³/mol. The molecule has 0 spiro atoms. The Labute approximate surface area is 240 Å². The highest BCUT2D eigenvalue weighted by Gasteiger charge is 2.45. The number of aliphatic hydroxyl groups is 6. The molecule has 8 atom stereocenters. The van der Waals surface area contributed by atoms with Gasteiger partial charge in [-0.3, -0.25) is 18.2 Å². The van der Waals surface area contributed by atoms with Crippen molar-refractivity contribution >= 4 is 44.4 Å². The Balaban J connectivity index is 0.000000171. The van der Waals surface area contributed by atoms with E-state index in [2.05, 4.69) is 29.9 Å². The van der Waals surface area contributed by atoms with Crippen LogP contribution in [0.3, 0.4) is 0 Å². The minimum atomic E-state index is -4.67. The van der Waals surface area contributed by atoms with Gasteiger partial charge in [0.2, 0.25) is 0 Å². The summed E-state index contributed by atoms with van der Waals surface area (Å²) in [7, 11) is -4.67. The van der Waals surface area contributed by atoms with Crippen molar-refractivity contribution in [2.75, 3.05) is 24.7 Å². The van der Waals surface area contributed by atoms with Gasteiger partial charge < -0.3 is 51.6 Å². The first kappa shape index (κ1) is 32.2. The van der Waals surface area contributed by atoms with E-state index in [4.69, 9.17) is 48.7 Å². The minimum Gasteiger partial charge on any atom is -0.394 e. The van der Waals surface area contributed by atoms with E-state index in [0.717, 1.165) is 0 Å². The number of rotatable bonds is 4. The van der Waals surface area contributed by atoms with Crippen LogP contribution in [0.25, 0.3) is 22.3 Å². The molecule has 236 valence electrons. The summed E-state index contributed by atoms with van der Waals surface area (Å²) in [6, 6.07) is 0. The lowest BCUT2D eigenvalue weighted by atomic mass is 10.1. The fraction of sp³-hybridized carbons (Fsp3) is 0.500. The molecule has 2 fully saturated rings. The Morgan fingerprint density at radius 2 is 1.02 bits per heavy atom. The molecule has 0 bridgehead atoms. The van der Waals surface area contributed by atoms with Gasteiger partial charge in [0.15, 0.2) is 35.4 Å². The van der Waals surface area contributed by atoms with E-state index >= 15 is 0 Å². The van der Waals surface area contributed by atoms with Crippen molar-refractivity contribution in [1.82, 2.24) is 39.0 Å². The van der Waals surface area contributed by atoms with E-state index in [-0.39, 0.29) is 11.6 Å². The van der Waals surface area contributed by atoms with Gasteiger partial charge in [0, 0.05) is 0 Å². The maximum Gasteiger partial charge on any atom is 0.394 e. The first-order valence-corrected chi connectivity index (χ1v) is 13.5. The van der Waals surface area contributed by atoms with Gasteiger partial charge in [0.25, 0.3) is 0 Å². The molecule has 12 N–H and O–H groups in total. The topological polar surface area (TPSA) is 354 Å². The van der Waals surface area contributed by atoms with Crippen molar-refractivity contribution in [3.8, 4) is 0 Å². The third-order valence-corrected chi connectivity index (χ3v) is 6.36. The van der Waals surface area contributed by atoms with Crippen LogP contribution >= 0.6 is 0 Å². The van der Waals surface area contributed by atoms with E-state index in [0.29, 0.717) is 22.3 Å². The third kappa shape index (κ3) is 6.76. The molecule has 2 aliphatic heterocycles. The molecule has 2 aliphatic rings. The lowest BCUT2D eigenvalue weighted by Gasteiger charge is -2.16. The normalized spacial score (nSPS) is 28.8. The molecule has 0 amide bonds. The van der Waals surface area contributed by atoms with Gasteiger partial charge in [0.1, 0.15) is 60.3 Å². The van der Waals surface area contributed by atoms with Gasteiger partial charge in [-0.2, -0.15) is 8.42 Å². The molecule has 4 aromatic heterocycles. The number of anilines is 2. The fourth-order valence-corrected chi connectivity index (χ4v) is 4.33. The number of aliphatic hydroxyl groups excluding tert-OH is 6. The lowest BCUT2D eigenvalue weighted by Crippen LogP contribution is -2.33. The summed E-state index contributed by atoms with van der Waals surface area (Å²) < 4.78 is 45.3. The summed E-state index contributed by atoms with van der Waals surface area (Å²) in [6.45, 7) is -0.781. The van der Waals surface area contributed by atoms with Gasteiger partial charge in [-0.25, -0.2) is 29.9 Å². The van der Waals surface area contributed by atoms with Crippen LogP contribution in [0.15, 0.2) is 25.3 Å². The van der Waals surface area contributed by atoms with Gasteiger partial charge in [0.05, 0.1) is 25.9 Å². The van der Waals surface area contributed by atoms with Crippen molar-refractivity contribution in [2.24, 2.45) is 0 Å². The number of nitrogens with two attached hydrogens (primary N) is 2. The lowest BCUT2D eigenvalue weighted by molar-refractivity contribution is -0.0511. The SMILES string of the molecule is Nc1ncnc2c1ncn2[C@@H]1O[C@H](CO)[C@@H](O)[C@H]1O.Nc1ncnc2c1ncn2[C@@H]1O[C@H](CO)[C@@H](O)[C@H]1O.O=S(=O)(O)O. The standard InChI is InChI=1S/2C10H13N5O4.H2O4S/c2*11-8-5-9(13-2-12-8)15(3-14-5)10-7(18)6(17)4(1-16)19-10;1-5(2,3)4/h2*2-4,6-7,10,16-18H,1H2,(H2,11,12,13);(H2,1,2,3,4)/t2*4-,6-,7-,10-;/m11./s1. The average molecular weight is 633 g/mol. The highest BCUT2D eigenvalue weighted by Crippen LogP contribution is 2.32. The van der Waals surface area contributed by atoms with Crippen molar-refractivity contribution in [3.05, 3.63) is 25.3 Å². The molecule has 22 nitrogen and oxygen atoms in total. The highest BCUT2D eigenvalue weighted by molar-refractivity contribution is 7.79. The molecule has 23 heteroatoms. The summed E-state index contributed by atoms with van der Waals surface area (Å²) in [4.78, 5) is 23.8. The van der Waals surface area contributed by atoms with Crippen LogP contribution in [-0.2, 0) is 19.9 Å². The second-order valence-electron chi connectivity index (χ2n) is 9.07. The number of nitrogen functional groups attached to an aromatic ring is 2. The monoisotopic (exact) mass is 632 g/mol. The average Bonchev–Trinajstić information content (AvgIpc) is 3.70.